The van der Waals surface area contributed by atoms with E-state index in [1.807, 2.05) is 38.1 Å². The molecule has 3 rings (SSSR count). The smallest absolute Gasteiger partial charge is 0.264 e. The molecule has 0 radical (unpaired) electrons. The van der Waals surface area contributed by atoms with Crippen LogP contribution in [-0.4, -0.2) is 26.3 Å². The number of rotatable bonds is 4. The maximum Gasteiger partial charge on any atom is 0.264 e. The van der Waals surface area contributed by atoms with E-state index in [4.69, 9.17) is 5.14 Å². The van der Waals surface area contributed by atoms with Crippen LogP contribution >= 0.6 is 11.3 Å². The molecule has 2 N–H and O–H groups in total. The zero-order valence-corrected chi connectivity index (χ0v) is 16.4. The van der Waals surface area contributed by atoms with Crippen LogP contribution in [0.5, 0.6) is 0 Å². The highest BCUT2D eigenvalue weighted by Crippen LogP contribution is 2.33. The summed E-state index contributed by atoms with van der Waals surface area (Å²) in [6.07, 6.45) is 0. The molecule has 1 heterocycles. The lowest BCUT2D eigenvalue weighted by Crippen LogP contribution is -2.29. The Morgan fingerprint density at radius 1 is 1.12 bits per heavy atom. The number of fused-ring (bicyclic) bond motifs is 1. The molecule has 0 saturated carbocycles. The SMILES string of the molecule is Cc1c(C(=O)N(C)C(C)c2ccc(S(N)(=O)=O)cc2)sc2ccccc12. The van der Waals surface area contributed by atoms with Gasteiger partial charge >= 0.3 is 0 Å². The number of hydrogen-bond acceptors (Lipinski definition) is 4. The van der Waals surface area contributed by atoms with Crippen LogP contribution < -0.4 is 5.14 Å². The molecule has 26 heavy (non-hydrogen) atoms. The third kappa shape index (κ3) is 3.38. The molecule has 1 atom stereocenters. The summed E-state index contributed by atoms with van der Waals surface area (Å²) < 4.78 is 23.8. The van der Waals surface area contributed by atoms with E-state index < -0.39 is 10.0 Å². The topological polar surface area (TPSA) is 80.5 Å². The first-order valence-corrected chi connectivity index (χ1v) is 10.4. The molecule has 0 aliphatic carbocycles. The highest BCUT2D eigenvalue weighted by Gasteiger charge is 2.23. The van der Waals surface area contributed by atoms with Crippen molar-refractivity contribution in [1.82, 2.24) is 4.90 Å². The van der Waals surface area contributed by atoms with Gasteiger partial charge in [0.15, 0.2) is 0 Å². The third-order valence-corrected chi connectivity index (χ3v) is 6.82. The predicted molar refractivity (Wildman–Crippen MR) is 105 cm³/mol. The lowest BCUT2D eigenvalue weighted by Gasteiger charge is -2.25. The first kappa shape index (κ1) is 18.6. The van der Waals surface area contributed by atoms with Crippen molar-refractivity contribution in [3.05, 3.63) is 64.5 Å². The van der Waals surface area contributed by atoms with E-state index in [0.29, 0.717) is 0 Å². The van der Waals surface area contributed by atoms with Gasteiger partial charge in [-0.05, 0) is 48.6 Å². The minimum atomic E-state index is -3.72. The number of amides is 1. The van der Waals surface area contributed by atoms with Crippen molar-refractivity contribution in [2.45, 2.75) is 24.8 Å². The summed E-state index contributed by atoms with van der Waals surface area (Å²) in [5.74, 6) is -0.0493. The van der Waals surface area contributed by atoms with E-state index in [-0.39, 0.29) is 16.8 Å². The molecule has 0 fully saturated rings. The summed E-state index contributed by atoms with van der Waals surface area (Å²) in [4.78, 5) is 15.4. The number of nitrogens with zero attached hydrogens (tertiary/aromatic N) is 1. The van der Waals surface area contributed by atoms with E-state index in [9.17, 15) is 13.2 Å². The minimum absolute atomic E-state index is 0.0493. The molecule has 0 aliphatic heterocycles. The van der Waals surface area contributed by atoms with Crippen LogP contribution in [0.15, 0.2) is 53.4 Å². The lowest BCUT2D eigenvalue weighted by molar-refractivity contribution is 0.0747. The third-order valence-electron chi connectivity index (χ3n) is 4.63. The highest BCUT2D eigenvalue weighted by molar-refractivity contribution is 7.89. The summed E-state index contributed by atoms with van der Waals surface area (Å²) in [5, 5.41) is 6.23. The number of carbonyl (C=O) groups excluding carboxylic acids is 1. The van der Waals surface area contributed by atoms with Crippen molar-refractivity contribution >= 4 is 37.4 Å². The Kier molecular flexibility index (Phi) is 4.88. The number of benzene rings is 2. The molecule has 2 aromatic carbocycles. The van der Waals surface area contributed by atoms with Crippen LogP contribution in [0.1, 0.15) is 33.8 Å². The van der Waals surface area contributed by atoms with Crippen LogP contribution in [0.25, 0.3) is 10.1 Å². The number of sulfonamides is 1. The summed E-state index contributed by atoms with van der Waals surface area (Å²) >= 11 is 1.49. The molecule has 136 valence electrons. The Morgan fingerprint density at radius 2 is 1.73 bits per heavy atom. The number of carbonyl (C=O) groups is 1. The Labute approximate surface area is 157 Å². The van der Waals surface area contributed by atoms with Crippen molar-refractivity contribution in [3.63, 3.8) is 0 Å². The predicted octanol–water partition coefficient (Wildman–Crippen LogP) is 3.69. The monoisotopic (exact) mass is 388 g/mol. The lowest BCUT2D eigenvalue weighted by atomic mass is 10.1. The molecular formula is C19H20N2O3S2. The fourth-order valence-electron chi connectivity index (χ4n) is 2.87. The molecule has 1 aromatic heterocycles. The average molecular weight is 389 g/mol. The number of nitrogens with two attached hydrogens (primary N) is 1. The Balaban J connectivity index is 1.88. The second-order valence-electron chi connectivity index (χ2n) is 6.26. The van der Waals surface area contributed by atoms with Gasteiger partial charge in [0.1, 0.15) is 0 Å². The number of aryl methyl sites for hydroxylation is 1. The van der Waals surface area contributed by atoms with Gasteiger partial charge < -0.3 is 4.90 Å². The summed E-state index contributed by atoms with van der Waals surface area (Å²) in [6.45, 7) is 3.87. The van der Waals surface area contributed by atoms with Crippen LogP contribution in [-0.2, 0) is 10.0 Å². The van der Waals surface area contributed by atoms with Gasteiger partial charge in [-0.2, -0.15) is 0 Å². The summed E-state index contributed by atoms with van der Waals surface area (Å²) in [7, 11) is -1.97. The molecule has 0 spiro atoms. The molecule has 0 saturated heterocycles. The Bertz CT molecular complexity index is 1070. The van der Waals surface area contributed by atoms with Crippen LogP contribution in [0.2, 0.25) is 0 Å². The van der Waals surface area contributed by atoms with Crippen molar-refractivity contribution in [2.75, 3.05) is 7.05 Å². The Morgan fingerprint density at radius 3 is 2.31 bits per heavy atom. The fraction of sp³-hybridized carbons (Fsp3) is 0.211. The number of thiophene rings is 1. The number of primary sulfonamides is 1. The van der Waals surface area contributed by atoms with E-state index in [0.717, 1.165) is 26.1 Å². The van der Waals surface area contributed by atoms with Crippen molar-refractivity contribution < 1.29 is 13.2 Å². The highest BCUT2D eigenvalue weighted by atomic mass is 32.2. The second kappa shape index (κ2) is 6.83. The van der Waals surface area contributed by atoms with Crippen molar-refractivity contribution in [3.8, 4) is 0 Å². The first-order valence-electron chi connectivity index (χ1n) is 8.08. The standard InChI is InChI=1S/C19H20N2O3S2/c1-12-16-6-4-5-7-17(16)25-18(12)19(22)21(3)13(2)14-8-10-15(11-9-14)26(20,23)24/h4-11,13H,1-3H3,(H2,20,23,24). The van der Waals surface area contributed by atoms with Gasteiger partial charge in [0.05, 0.1) is 15.8 Å². The molecule has 0 bridgehead atoms. The largest absolute Gasteiger partial charge is 0.334 e. The van der Waals surface area contributed by atoms with Crippen LogP contribution in [0, 0.1) is 6.92 Å². The van der Waals surface area contributed by atoms with Gasteiger partial charge in [-0.15, -0.1) is 11.3 Å². The van der Waals surface area contributed by atoms with Crippen molar-refractivity contribution in [1.29, 1.82) is 0 Å². The van der Waals surface area contributed by atoms with Gasteiger partial charge in [0, 0.05) is 11.7 Å². The normalized spacial score (nSPS) is 12.9. The van der Waals surface area contributed by atoms with E-state index in [1.165, 1.54) is 23.5 Å². The summed E-state index contributed by atoms with van der Waals surface area (Å²) in [5.41, 5.74) is 1.83. The zero-order chi connectivity index (χ0) is 19.1. The van der Waals surface area contributed by atoms with Gasteiger partial charge in [0.25, 0.3) is 5.91 Å². The van der Waals surface area contributed by atoms with Gasteiger partial charge in [-0.3, -0.25) is 4.79 Å². The number of hydrogen-bond donors (Lipinski definition) is 1. The molecule has 3 aromatic rings. The molecular weight excluding hydrogens is 368 g/mol. The van der Waals surface area contributed by atoms with Crippen LogP contribution in [0.4, 0.5) is 0 Å². The second-order valence-corrected chi connectivity index (χ2v) is 8.87. The van der Waals surface area contributed by atoms with Gasteiger partial charge in [-0.1, -0.05) is 30.3 Å². The quantitative estimate of drug-likeness (QED) is 0.740. The average Bonchev–Trinajstić information content (AvgIpc) is 2.96. The first-order chi connectivity index (χ1) is 12.2. The molecule has 0 aliphatic rings. The molecule has 7 heteroatoms. The van der Waals surface area contributed by atoms with Crippen LogP contribution in [0.3, 0.4) is 0 Å². The van der Waals surface area contributed by atoms with Crippen molar-refractivity contribution in [2.24, 2.45) is 5.14 Å². The maximum absolute atomic E-state index is 13.0. The zero-order valence-electron chi connectivity index (χ0n) is 14.8. The molecule has 1 unspecified atom stereocenters. The van der Waals surface area contributed by atoms with Gasteiger partial charge in [-0.25, -0.2) is 13.6 Å². The fourth-order valence-corrected chi connectivity index (χ4v) is 4.58. The van der Waals surface area contributed by atoms with Gasteiger partial charge in [0.2, 0.25) is 10.0 Å². The van der Waals surface area contributed by atoms with E-state index >= 15 is 0 Å². The van der Waals surface area contributed by atoms with E-state index in [2.05, 4.69) is 0 Å². The molecule has 5 nitrogen and oxygen atoms in total. The maximum atomic E-state index is 13.0. The van der Waals surface area contributed by atoms with E-state index in [1.54, 1.807) is 24.1 Å². The minimum Gasteiger partial charge on any atom is -0.334 e. The molecule has 1 amide bonds. The Hall–Kier alpha value is -2.22. The summed E-state index contributed by atoms with van der Waals surface area (Å²) in [6, 6.07) is 14.1.